The summed E-state index contributed by atoms with van der Waals surface area (Å²) in [5, 5.41) is 0. The molecule has 2 unspecified atom stereocenters. The van der Waals surface area contributed by atoms with Crippen LogP contribution in [0.25, 0.3) is 0 Å². The van der Waals surface area contributed by atoms with Crippen molar-refractivity contribution in [1.29, 1.82) is 0 Å². The Hall–Kier alpha value is -1.02. The number of para-hydroxylation sites is 1. The summed E-state index contributed by atoms with van der Waals surface area (Å²) in [6, 6.07) is 8.36. The largest absolute Gasteiger partial charge is 0.487 e. The predicted molar refractivity (Wildman–Crippen MR) is 64.4 cm³/mol. The Morgan fingerprint density at radius 3 is 2.88 bits per heavy atom. The molecule has 16 heavy (non-hydrogen) atoms. The van der Waals surface area contributed by atoms with E-state index in [0.717, 1.165) is 30.9 Å². The fourth-order valence-corrected chi connectivity index (χ4v) is 3.29. The van der Waals surface area contributed by atoms with E-state index in [0.29, 0.717) is 0 Å². The number of benzene rings is 1. The number of rotatable bonds is 0. The number of ether oxygens (including phenoxy) is 1. The van der Waals surface area contributed by atoms with Gasteiger partial charge in [0, 0.05) is 18.0 Å². The third-order valence-corrected chi connectivity index (χ3v) is 4.05. The second-order valence-corrected chi connectivity index (χ2v) is 5.48. The van der Waals surface area contributed by atoms with Crippen LogP contribution in [0, 0.1) is 5.92 Å². The number of hydrogen-bond donors (Lipinski definition) is 1. The fraction of sp³-hybridized carbons (Fsp3) is 0.571. The molecular weight excluding hydrogens is 198 g/mol. The summed E-state index contributed by atoms with van der Waals surface area (Å²) >= 11 is 0. The Labute approximate surface area is 96.8 Å². The van der Waals surface area contributed by atoms with Crippen LogP contribution in [0.15, 0.2) is 24.3 Å². The number of fused-ring (bicyclic) bond motifs is 1. The van der Waals surface area contributed by atoms with Gasteiger partial charge in [-0.05, 0) is 31.2 Å². The lowest BCUT2D eigenvalue weighted by molar-refractivity contribution is 0.0393. The van der Waals surface area contributed by atoms with E-state index in [1.54, 1.807) is 0 Å². The van der Waals surface area contributed by atoms with E-state index in [-0.39, 0.29) is 11.6 Å². The van der Waals surface area contributed by atoms with Gasteiger partial charge in [0.05, 0.1) is 0 Å². The summed E-state index contributed by atoms with van der Waals surface area (Å²) in [4.78, 5) is 0. The second-order valence-electron chi connectivity index (χ2n) is 5.48. The molecule has 0 amide bonds. The van der Waals surface area contributed by atoms with E-state index in [9.17, 15) is 0 Å². The van der Waals surface area contributed by atoms with Crippen molar-refractivity contribution in [2.24, 2.45) is 11.7 Å². The molecule has 2 nitrogen and oxygen atoms in total. The molecule has 2 aliphatic rings. The molecule has 3 rings (SSSR count). The minimum Gasteiger partial charge on any atom is -0.487 e. The highest BCUT2D eigenvalue weighted by Crippen LogP contribution is 2.47. The van der Waals surface area contributed by atoms with Gasteiger partial charge in [-0.2, -0.15) is 0 Å². The van der Waals surface area contributed by atoms with Gasteiger partial charge in [0.25, 0.3) is 0 Å². The lowest BCUT2D eigenvalue weighted by atomic mass is 9.86. The maximum absolute atomic E-state index is 6.27. The summed E-state index contributed by atoms with van der Waals surface area (Å²) < 4.78 is 6.24. The predicted octanol–water partition coefficient (Wildman–Crippen LogP) is 3.03. The van der Waals surface area contributed by atoms with Crippen LogP contribution in [-0.2, 0) is 0 Å². The minimum atomic E-state index is 0.0349. The molecule has 86 valence electrons. The molecule has 1 aromatic carbocycles. The molecule has 2 heteroatoms. The molecule has 0 radical (unpaired) electrons. The second kappa shape index (κ2) is 3.49. The van der Waals surface area contributed by atoms with Gasteiger partial charge in [0.1, 0.15) is 11.4 Å². The lowest BCUT2D eigenvalue weighted by Crippen LogP contribution is -2.40. The van der Waals surface area contributed by atoms with Crippen molar-refractivity contribution in [2.45, 2.75) is 44.2 Å². The zero-order chi connectivity index (χ0) is 11.2. The third kappa shape index (κ3) is 1.52. The summed E-state index contributed by atoms with van der Waals surface area (Å²) in [5.41, 5.74) is 7.47. The van der Waals surface area contributed by atoms with Gasteiger partial charge in [-0.1, -0.05) is 25.1 Å². The standard InChI is InChI=1S/C14H19NO/c1-10-6-7-14(8-10)9-12(15)11-4-2-3-5-13(11)16-14/h2-5,10,12H,6-9,15H2,1H3/t10?,12-,14?/m1/s1. The summed E-state index contributed by atoms with van der Waals surface area (Å²) in [7, 11) is 0. The molecule has 2 N–H and O–H groups in total. The van der Waals surface area contributed by atoms with Gasteiger partial charge >= 0.3 is 0 Å². The van der Waals surface area contributed by atoms with Crippen LogP contribution in [0.4, 0.5) is 0 Å². The SMILES string of the molecule is CC1CCC2(C1)C[C@@H](N)c1ccccc1O2. The van der Waals surface area contributed by atoms with E-state index < -0.39 is 0 Å². The van der Waals surface area contributed by atoms with Crippen molar-refractivity contribution in [2.75, 3.05) is 0 Å². The van der Waals surface area contributed by atoms with E-state index in [1.165, 1.54) is 12.0 Å². The first-order chi connectivity index (χ1) is 7.69. The van der Waals surface area contributed by atoms with Crippen molar-refractivity contribution in [1.82, 2.24) is 0 Å². The Bertz CT molecular complexity index is 403. The van der Waals surface area contributed by atoms with Crippen LogP contribution in [0.1, 0.15) is 44.2 Å². The van der Waals surface area contributed by atoms with Crippen molar-refractivity contribution in [3.05, 3.63) is 29.8 Å². The molecule has 0 aromatic heterocycles. The van der Waals surface area contributed by atoms with Gasteiger partial charge in [0.2, 0.25) is 0 Å². The first-order valence-corrected chi connectivity index (χ1v) is 6.22. The van der Waals surface area contributed by atoms with Crippen molar-refractivity contribution in [3.63, 3.8) is 0 Å². The Morgan fingerprint density at radius 2 is 2.12 bits per heavy atom. The van der Waals surface area contributed by atoms with Gasteiger partial charge in [-0.3, -0.25) is 0 Å². The highest BCUT2D eigenvalue weighted by atomic mass is 16.5. The highest BCUT2D eigenvalue weighted by molar-refractivity contribution is 5.38. The Balaban J connectivity index is 1.95. The Kier molecular flexibility index (Phi) is 2.21. The zero-order valence-corrected chi connectivity index (χ0v) is 9.78. The summed E-state index contributed by atoms with van der Waals surface area (Å²) in [6.45, 7) is 2.31. The molecule has 1 spiro atoms. The lowest BCUT2D eigenvalue weighted by Gasteiger charge is -2.39. The molecular formula is C14H19NO. The van der Waals surface area contributed by atoms with Crippen LogP contribution >= 0.6 is 0 Å². The number of hydrogen-bond acceptors (Lipinski definition) is 2. The molecule has 1 aliphatic heterocycles. The normalized spacial score (nSPS) is 37.1. The quantitative estimate of drug-likeness (QED) is 0.725. The van der Waals surface area contributed by atoms with Crippen molar-refractivity contribution < 1.29 is 4.74 Å². The molecule has 1 aromatic rings. The minimum absolute atomic E-state index is 0.0349. The monoisotopic (exact) mass is 217 g/mol. The van der Waals surface area contributed by atoms with E-state index in [2.05, 4.69) is 19.1 Å². The smallest absolute Gasteiger partial charge is 0.124 e. The molecule has 1 fully saturated rings. The van der Waals surface area contributed by atoms with E-state index in [1.807, 2.05) is 12.1 Å². The fourth-order valence-electron chi connectivity index (χ4n) is 3.29. The van der Waals surface area contributed by atoms with Crippen LogP contribution in [0.2, 0.25) is 0 Å². The van der Waals surface area contributed by atoms with Gasteiger partial charge < -0.3 is 10.5 Å². The van der Waals surface area contributed by atoms with Crippen LogP contribution in [0.5, 0.6) is 5.75 Å². The van der Waals surface area contributed by atoms with Crippen molar-refractivity contribution in [3.8, 4) is 5.75 Å². The van der Waals surface area contributed by atoms with Gasteiger partial charge in [0.15, 0.2) is 0 Å². The molecule has 0 saturated heterocycles. The first-order valence-electron chi connectivity index (χ1n) is 6.22. The average Bonchev–Trinajstić information content (AvgIpc) is 2.59. The van der Waals surface area contributed by atoms with Crippen LogP contribution in [0.3, 0.4) is 0 Å². The maximum Gasteiger partial charge on any atom is 0.124 e. The molecule has 1 saturated carbocycles. The molecule has 1 aliphatic carbocycles. The van der Waals surface area contributed by atoms with Gasteiger partial charge in [-0.15, -0.1) is 0 Å². The molecule has 0 bridgehead atoms. The van der Waals surface area contributed by atoms with Crippen molar-refractivity contribution >= 4 is 0 Å². The molecule has 3 atom stereocenters. The van der Waals surface area contributed by atoms with Crippen LogP contribution in [-0.4, -0.2) is 5.60 Å². The van der Waals surface area contributed by atoms with Crippen LogP contribution < -0.4 is 10.5 Å². The molecule has 1 heterocycles. The topological polar surface area (TPSA) is 35.2 Å². The first kappa shape index (κ1) is 10.2. The summed E-state index contributed by atoms with van der Waals surface area (Å²) in [5.74, 6) is 1.79. The third-order valence-electron chi connectivity index (χ3n) is 4.05. The van der Waals surface area contributed by atoms with E-state index >= 15 is 0 Å². The summed E-state index contributed by atoms with van der Waals surface area (Å²) in [6.07, 6.45) is 4.58. The average molecular weight is 217 g/mol. The zero-order valence-electron chi connectivity index (χ0n) is 9.78. The van der Waals surface area contributed by atoms with Gasteiger partial charge in [-0.25, -0.2) is 0 Å². The number of nitrogens with two attached hydrogens (primary N) is 1. The van der Waals surface area contributed by atoms with E-state index in [4.69, 9.17) is 10.5 Å². The Morgan fingerprint density at radius 1 is 1.31 bits per heavy atom. The highest BCUT2D eigenvalue weighted by Gasteiger charge is 2.44. The maximum atomic E-state index is 6.27.